The van der Waals surface area contributed by atoms with E-state index in [4.69, 9.17) is 14.2 Å². The van der Waals surface area contributed by atoms with Gasteiger partial charge in [0.05, 0.1) is 33.4 Å². The van der Waals surface area contributed by atoms with Crippen LogP contribution in [0.2, 0.25) is 0 Å². The highest BCUT2D eigenvalue weighted by molar-refractivity contribution is 5.45. The number of rotatable bonds is 9. The van der Waals surface area contributed by atoms with Crippen LogP contribution in [-0.2, 0) is 11.3 Å². The van der Waals surface area contributed by atoms with Crippen LogP contribution in [-0.4, -0.2) is 90.2 Å². The smallest absolute Gasteiger partial charge is 0.173 e. The van der Waals surface area contributed by atoms with E-state index in [1.54, 1.807) is 21.3 Å². The van der Waals surface area contributed by atoms with Crippen LogP contribution in [0.5, 0.6) is 11.5 Å². The monoisotopic (exact) mass is 444 g/mol. The molecule has 2 fully saturated rings. The first-order valence-corrected chi connectivity index (χ1v) is 11.7. The van der Waals surface area contributed by atoms with E-state index >= 15 is 0 Å². The van der Waals surface area contributed by atoms with E-state index in [2.05, 4.69) is 31.4 Å². The van der Waals surface area contributed by atoms with Crippen molar-refractivity contribution < 1.29 is 14.2 Å². The molecule has 4 rings (SSSR count). The second kappa shape index (κ2) is 11.1. The van der Waals surface area contributed by atoms with E-state index < -0.39 is 0 Å². The molecule has 1 saturated heterocycles. The van der Waals surface area contributed by atoms with Gasteiger partial charge in [-0.15, -0.1) is 5.10 Å². The fourth-order valence-electron chi connectivity index (χ4n) is 5.10. The van der Waals surface area contributed by atoms with Crippen molar-refractivity contribution in [1.82, 2.24) is 30.0 Å². The van der Waals surface area contributed by atoms with Gasteiger partial charge in [0.25, 0.3) is 0 Å². The van der Waals surface area contributed by atoms with Crippen LogP contribution < -0.4 is 9.47 Å². The molecule has 2 heterocycles. The van der Waals surface area contributed by atoms with Gasteiger partial charge in [0.2, 0.25) is 0 Å². The minimum atomic E-state index is -0.0600. The van der Waals surface area contributed by atoms with E-state index in [0.717, 1.165) is 49.4 Å². The highest BCUT2D eigenvalue weighted by Crippen LogP contribution is 2.35. The first-order chi connectivity index (χ1) is 15.7. The van der Waals surface area contributed by atoms with Crippen LogP contribution >= 0.6 is 0 Å². The van der Waals surface area contributed by atoms with Gasteiger partial charge in [0.1, 0.15) is 0 Å². The Balaban J connectivity index is 1.59. The Morgan fingerprint density at radius 1 is 0.969 bits per heavy atom. The molecule has 176 valence electrons. The number of aromatic nitrogens is 4. The minimum Gasteiger partial charge on any atom is -0.493 e. The average Bonchev–Trinajstić information content (AvgIpc) is 3.31. The van der Waals surface area contributed by atoms with Crippen LogP contribution in [0.4, 0.5) is 0 Å². The van der Waals surface area contributed by atoms with Crippen molar-refractivity contribution >= 4 is 0 Å². The normalized spacial score (nSPS) is 19.7. The third-order valence-corrected chi connectivity index (χ3v) is 6.84. The number of nitrogens with zero attached hydrogens (tertiary/aromatic N) is 6. The Kier molecular flexibility index (Phi) is 7.94. The van der Waals surface area contributed by atoms with E-state index in [0.29, 0.717) is 18.9 Å². The maximum atomic E-state index is 5.59. The average molecular weight is 445 g/mol. The van der Waals surface area contributed by atoms with Crippen LogP contribution in [0.3, 0.4) is 0 Å². The van der Waals surface area contributed by atoms with Crippen molar-refractivity contribution in [2.75, 3.05) is 54.1 Å². The molecule has 1 aromatic carbocycles. The lowest BCUT2D eigenvalue weighted by Crippen LogP contribution is -2.52. The Hall–Kier alpha value is -2.23. The second-order valence-electron chi connectivity index (χ2n) is 8.63. The summed E-state index contributed by atoms with van der Waals surface area (Å²) in [7, 11) is 5.02. The first-order valence-electron chi connectivity index (χ1n) is 11.7. The van der Waals surface area contributed by atoms with Gasteiger partial charge in [-0.25, -0.2) is 4.68 Å². The summed E-state index contributed by atoms with van der Waals surface area (Å²) in [6.07, 6.45) is 6.81. The predicted molar refractivity (Wildman–Crippen MR) is 121 cm³/mol. The molecule has 9 nitrogen and oxygen atoms in total. The number of ether oxygens (including phenoxy) is 3. The van der Waals surface area contributed by atoms with Gasteiger partial charge >= 0.3 is 0 Å². The summed E-state index contributed by atoms with van der Waals surface area (Å²) in [6.45, 7) is 5.29. The molecule has 0 spiro atoms. The molecule has 1 saturated carbocycles. The molecule has 1 atom stereocenters. The zero-order chi connectivity index (χ0) is 22.3. The Morgan fingerprint density at radius 3 is 2.41 bits per heavy atom. The van der Waals surface area contributed by atoms with Gasteiger partial charge in [0, 0.05) is 39.3 Å². The van der Waals surface area contributed by atoms with E-state index in [1.807, 2.05) is 16.8 Å². The fourth-order valence-corrected chi connectivity index (χ4v) is 5.10. The molecular formula is C23H36N6O3. The summed E-state index contributed by atoms with van der Waals surface area (Å²) in [4.78, 5) is 5.19. The van der Waals surface area contributed by atoms with Gasteiger partial charge in [-0.3, -0.25) is 9.80 Å². The van der Waals surface area contributed by atoms with E-state index in [-0.39, 0.29) is 6.04 Å². The summed E-state index contributed by atoms with van der Waals surface area (Å²) in [5.41, 5.74) is 1.10. The van der Waals surface area contributed by atoms with E-state index in [1.165, 1.54) is 32.1 Å². The van der Waals surface area contributed by atoms with Gasteiger partial charge in [0.15, 0.2) is 17.3 Å². The van der Waals surface area contributed by atoms with Crippen molar-refractivity contribution in [1.29, 1.82) is 0 Å². The zero-order valence-electron chi connectivity index (χ0n) is 19.6. The van der Waals surface area contributed by atoms with Crippen molar-refractivity contribution in [3.8, 4) is 11.5 Å². The van der Waals surface area contributed by atoms with Crippen LogP contribution in [0, 0.1) is 0 Å². The third kappa shape index (κ3) is 5.05. The molecule has 32 heavy (non-hydrogen) atoms. The molecule has 1 aromatic heterocycles. The van der Waals surface area contributed by atoms with Crippen molar-refractivity contribution in [2.45, 2.75) is 50.7 Å². The van der Waals surface area contributed by atoms with Crippen LogP contribution in [0.1, 0.15) is 49.5 Å². The zero-order valence-corrected chi connectivity index (χ0v) is 19.6. The van der Waals surface area contributed by atoms with Crippen molar-refractivity contribution in [3.05, 3.63) is 29.6 Å². The number of methoxy groups -OCH3 is 3. The number of benzene rings is 1. The largest absolute Gasteiger partial charge is 0.493 e. The van der Waals surface area contributed by atoms with Gasteiger partial charge < -0.3 is 14.2 Å². The molecule has 1 aliphatic heterocycles. The lowest BCUT2D eigenvalue weighted by Gasteiger charge is -2.43. The molecule has 9 heteroatoms. The Bertz CT molecular complexity index is 846. The lowest BCUT2D eigenvalue weighted by molar-refractivity contribution is 0.0614. The second-order valence-corrected chi connectivity index (χ2v) is 8.63. The van der Waals surface area contributed by atoms with Crippen molar-refractivity contribution in [3.63, 3.8) is 0 Å². The maximum Gasteiger partial charge on any atom is 0.173 e. The number of tetrazole rings is 1. The fraction of sp³-hybridized carbons (Fsp3) is 0.696. The molecule has 0 amide bonds. The van der Waals surface area contributed by atoms with Gasteiger partial charge in [-0.05, 0) is 41.0 Å². The first kappa shape index (κ1) is 22.9. The molecule has 0 N–H and O–H groups in total. The number of hydrogen-bond donors (Lipinski definition) is 0. The molecule has 1 aliphatic carbocycles. The van der Waals surface area contributed by atoms with Gasteiger partial charge in [-0.1, -0.05) is 25.3 Å². The van der Waals surface area contributed by atoms with Crippen LogP contribution in [0.15, 0.2) is 18.2 Å². The Morgan fingerprint density at radius 2 is 1.72 bits per heavy atom. The molecule has 2 aromatic rings. The summed E-state index contributed by atoms with van der Waals surface area (Å²) in [6, 6.07) is 6.79. The summed E-state index contributed by atoms with van der Waals surface area (Å²) >= 11 is 0. The van der Waals surface area contributed by atoms with Crippen LogP contribution in [0.25, 0.3) is 0 Å². The van der Waals surface area contributed by atoms with E-state index in [9.17, 15) is 0 Å². The number of hydrogen-bond acceptors (Lipinski definition) is 8. The third-order valence-electron chi connectivity index (χ3n) is 6.84. The van der Waals surface area contributed by atoms with Gasteiger partial charge in [-0.2, -0.15) is 0 Å². The summed E-state index contributed by atoms with van der Waals surface area (Å²) in [5.74, 6) is 2.27. The quantitative estimate of drug-likeness (QED) is 0.583. The maximum absolute atomic E-state index is 5.59. The molecule has 0 bridgehead atoms. The Labute approximate surface area is 190 Å². The highest BCUT2D eigenvalue weighted by atomic mass is 16.5. The van der Waals surface area contributed by atoms with Crippen molar-refractivity contribution in [2.24, 2.45) is 0 Å². The minimum absolute atomic E-state index is 0.0600. The molecule has 1 unspecified atom stereocenters. The summed E-state index contributed by atoms with van der Waals surface area (Å²) < 4.78 is 18.2. The number of piperazine rings is 1. The highest BCUT2D eigenvalue weighted by Gasteiger charge is 2.33. The SMILES string of the molecule is COCCn1nnnc1C(c1ccc(OC)c(OC)c1)N1CCN(C2CCCCC2)CC1. The lowest BCUT2D eigenvalue weighted by atomic mass is 9.93. The molecule has 2 aliphatic rings. The predicted octanol–water partition coefficient (Wildman–Crippen LogP) is 2.38. The molecular weight excluding hydrogens is 408 g/mol. The standard InChI is InChI=1S/C23H36N6O3/c1-30-16-15-29-23(24-25-26-29)22(18-9-10-20(31-2)21(17-18)32-3)28-13-11-27(12-14-28)19-7-5-4-6-8-19/h9-10,17,19,22H,4-8,11-16H2,1-3H3. The molecule has 0 radical (unpaired) electrons. The summed E-state index contributed by atoms with van der Waals surface area (Å²) in [5, 5.41) is 12.7. The topological polar surface area (TPSA) is 77.8 Å².